The monoisotopic (exact) mass is 228 g/mol. The summed E-state index contributed by atoms with van der Waals surface area (Å²) in [6, 6.07) is 7.43. The molecule has 12 heavy (non-hydrogen) atoms. The van der Waals surface area contributed by atoms with Crippen molar-refractivity contribution < 1.29 is 9.53 Å². The fraction of sp³-hybridized carbons (Fsp3) is 0.222. The van der Waals surface area contributed by atoms with Crippen LogP contribution >= 0.6 is 15.9 Å². The van der Waals surface area contributed by atoms with Gasteiger partial charge in [0, 0.05) is 17.8 Å². The van der Waals surface area contributed by atoms with Crippen LogP contribution in [0.25, 0.3) is 0 Å². The maximum Gasteiger partial charge on any atom is 0.308 e. The molecule has 0 fully saturated rings. The quantitative estimate of drug-likeness (QED) is 0.442. The number of esters is 1. The highest BCUT2D eigenvalue weighted by molar-refractivity contribution is 9.08. The van der Waals surface area contributed by atoms with Gasteiger partial charge in [0.05, 0.1) is 0 Å². The molecule has 0 saturated heterocycles. The van der Waals surface area contributed by atoms with E-state index in [-0.39, 0.29) is 5.97 Å². The zero-order chi connectivity index (χ0) is 8.97. The molecule has 0 unspecified atom stereocenters. The standard InChI is InChI=1S/C9H9BrO2/c1-7(11)12-9-5-3-2-4-8(9)6-10/h2-5H,6H2,1H3. The van der Waals surface area contributed by atoms with E-state index in [1.165, 1.54) is 6.92 Å². The summed E-state index contributed by atoms with van der Waals surface area (Å²) >= 11 is 3.31. The first-order chi connectivity index (χ1) is 5.74. The molecule has 0 N–H and O–H groups in total. The molecule has 0 radical (unpaired) electrons. The molecule has 3 heteroatoms. The summed E-state index contributed by atoms with van der Waals surface area (Å²) in [6.07, 6.45) is 0. The Kier molecular flexibility index (Phi) is 3.29. The Morgan fingerprint density at radius 1 is 1.50 bits per heavy atom. The second kappa shape index (κ2) is 4.26. The summed E-state index contributed by atoms with van der Waals surface area (Å²) in [6.45, 7) is 1.39. The van der Waals surface area contributed by atoms with Gasteiger partial charge in [-0.2, -0.15) is 0 Å². The molecule has 0 aliphatic carbocycles. The van der Waals surface area contributed by atoms with Gasteiger partial charge < -0.3 is 4.74 Å². The van der Waals surface area contributed by atoms with Crippen LogP contribution in [0, 0.1) is 0 Å². The topological polar surface area (TPSA) is 26.3 Å². The Hall–Kier alpha value is -0.830. The zero-order valence-electron chi connectivity index (χ0n) is 6.71. The average Bonchev–Trinajstić information content (AvgIpc) is 2.04. The van der Waals surface area contributed by atoms with E-state index >= 15 is 0 Å². The van der Waals surface area contributed by atoms with Crippen molar-refractivity contribution in [3.8, 4) is 5.75 Å². The molecule has 1 aromatic carbocycles. The summed E-state index contributed by atoms with van der Waals surface area (Å²) in [5.41, 5.74) is 0.979. The van der Waals surface area contributed by atoms with Gasteiger partial charge in [-0.15, -0.1) is 0 Å². The molecule has 0 amide bonds. The molecule has 1 aromatic rings. The number of hydrogen-bond donors (Lipinski definition) is 0. The SMILES string of the molecule is CC(=O)Oc1ccccc1CBr. The molecule has 0 heterocycles. The summed E-state index contributed by atoms with van der Waals surface area (Å²) in [5.74, 6) is 0.338. The predicted octanol–water partition coefficient (Wildman–Crippen LogP) is 2.51. The second-order valence-electron chi connectivity index (χ2n) is 2.33. The van der Waals surface area contributed by atoms with Crippen molar-refractivity contribution in [2.45, 2.75) is 12.3 Å². The molecule has 1 rings (SSSR count). The molecule has 0 aromatic heterocycles. The molecular formula is C9H9BrO2. The van der Waals surface area contributed by atoms with Gasteiger partial charge in [0.25, 0.3) is 0 Å². The number of ether oxygens (including phenoxy) is 1. The predicted molar refractivity (Wildman–Crippen MR) is 50.4 cm³/mol. The van der Waals surface area contributed by atoms with Gasteiger partial charge in [0.1, 0.15) is 5.75 Å². The van der Waals surface area contributed by atoms with Crippen LogP contribution in [0.15, 0.2) is 24.3 Å². The average molecular weight is 229 g/mol. The number of halogens is 1. The van der Waals surface area contributed by atoms with Crippen LogP contribution in [0.4, 0.5) is 0 Å². The molecule has 0 aliphatic rings. The van der Waals surface area contributed by atoms with Gasteiger partial charge in [-0.1, -0.05) is 34.1 Å². The lowest BCUT2D eigenvalue weighted by Crippen LogP contribution is -2.02. The van der Waals surface area contributed by atoms with Crippen molar-refractivity contribution in [2.75, 3.05) is 0 Å². The number of carbonyl (C=O) groups is 1. The number of para-hydroxylation sites is 1. The van der Waals surface area contributed by atoms with E-state index in [1.807, 2.05) is 18.2 Å². The maximum absolute atomic E-state index is 10.6. The summed E-state index contributed by atoms with van der Waals surface area (Å²) < 4.78 is 4.97. The zero-order valence-corrected chi connectivity index (χ0v) is 8.30. The van der Waals surface area contributed by atoms with Crippen LogP contribution in [-0.2, 0) is 10.1 Å². The number of carbonyl (C=O) groups excluding carboxylic acids is 1. The van der Waals surface area contributed by atoms with Crippen molar-refractivity contribution >= 4 is 21.9 Å². The van der Waals surface area contributed by atoms with Crippen LogP contribution in [0.2, 0.25) is 0 Å². The third-order valence-corrected chi connectivity index (χ3v) is 1.97. The highest BCUT2D eigenvalue weighted by Crippen LogP contribution is 2.20. The van der Waals surface area contributed by atoms with E-state index in [1.54, 1.807) is 6.07 Å². The lowest BCUT2D eigenvalue weighted by molar-refractivity contribution is -0.131. The minimum atomic E-state index is -0.289. The number of rotatable bonds is 2. The summed E-state index contributed by atoms with van der Waals surface area (Å²) in [5, 5.41) is 0.691. The smallest absolute Gasteiger partial charge is 0.308 e. The highest BCUT2D eigenvalue weighted by atomic mass is 79.9. The van der Waals surface area contributed by atoms with Gasteiger partial charge in [-0.05, 0) is 6.07 Å². The fourth-order valence-corrected chi connectivity index (χ4v) is 1.33. The minimum absolute atomic E-state index is 0.289. The normalized spacial score (nSPS) is 9.50. The van der Waals surface area contributed by atoms with Gasteiger partial charge in [0.15, 0.2) is 0 Å². The number of alkyl halides is 1. The molecule has 64 valence electrons. The minimum Gasteiger partial charge on any atom is -0.426 e. The number of hydrogen-bond acceptors (Lipinski definition) is 2. The second-order valence-corrected chi connectivity index (χ2v) is 2.90. The Balaban J connectivity index is 2.89. The van der Waals surface area contributed by atoms with Crippen LogP contribution < -0.4 is 4.74 Å². The molecule has 0 bridgehead atoms. The highest BCUT2D eigenvalue weighted by Gasteiger charge is 2.02. The molecule has 0 saturated carbocycles. The maximum atomic E-state index is 10.6. The Labute approximate surface area is 79.7 Å². The number of benzene rings is 1. The molecule has 2 nitrogen and oxygen atoms in total. The van der Waals surface area contributed by atoms with Gasteiger partial charge >= 0.3 is 5.97 Å². The van der Waals surface area contributed by atoms with Crippen molar-refractivity contribution in [3.63, 3.8) is 0 Å². The first kappa shape index (κ1) is 9.26. The Morgan fingerprint density at radius 2 is 2.17 bits per heavy atom. The van der Waals surface area contributed by atoms with E-state index in [9.17, 15) is 4.79 Å². The van der Waals surface area contributed by atoms with E-state index < -0.39 is 0 Å². The third-order valence-electron chi connectivity index (χ3n) is 1.37. The molecule has 0 atom stereocenters. The van der Waals surface area contributed by atoms with E-state index in [0.717, 1.165) is 5.56 Å². The summed E-state index contributed by atoms with van der Waals surface area (Å²) in [4.78, 5) is 10.6. The van der Waals surface area contributed by atoms with E-state index in [0.29, 0.717) is 11.1 Å². The van der Waals surface area contributed by atoms with E-state index in [2.05, 4.69) is 15.9 Å². The summed E-state index contributed by atoms with van der Waals surface area (Å²) in [7, 11) is 0. The van der Waals surface area contributed by atoms with Crippen molar-refractivity contribution in [1.29, 1.82) is 0 Å². The lowest BCUT2D eigenvalue weighted by Gasteiger charge is -2.04. The van der Waals surface area contributed by atoms with Crippen molar-refractivity contribution in [3.05, 3.63) is 29.8 Å². The molecule has 0 spiro atoms. The van der Waals surface area contributed by atoms with E-state index in [4.69, 9.17) is 4.74 Å². The van der Waals surface area contributed by atoms with Gasteiger partial charge in [-0.25, -0.2) is 0 Å². The van der Waals surface area contributed by atoms with Gasteiger partial charge in [0.2, 0.25) is 0 Å². The fourth-order valence-electron chi connectivity index (χ4n) is 0.869. The Morgan fingerprint density at radius 3 is 2.75 bits per heavy atom. The third kappa shape index (κ3) is 2.34. The largest absolute Gasteiger partial charge is 0.426 e. The van der Waals surface area contributed by atoms with Crippen LogP contribution in [0.3, 0.4) is 0 Å². The molecule has 0 aliphatic heterocycles. The lowest BCUT2D eigenvalue weighted by atomic mass is 10.2. The first-order valence-electron chi connectivity index (χ1n) is 3.56. The van der Waals surface area contributed by atoms with Crippen LogP contribution in [0.5, 0.6) is 5.75 Å². The van der Waals surface area contributed by atoms with Crippen molar-refractivity contribution in [1.82, 2.24) is 0 Å². The van der Waals surface area contributed by atoms with Crippen molar-refractivity contribution in [2.24, 2.45) is 0 Å². The van der Waals surface area contributed by atoms with Crippen LogP contribution in [0.1, 0.15) is 12.5 Å². The molecular weight excluding hydrogens is 220 g/mol. The van der Waals surface area contributed by atoms with Gasteiger partial charge in [-0.3, -0.25) is 4.79 Å². The Bertz CT molecular complexity index is 284. The first-order valence-corrected chi connectivity index (χ1v) is 4.68. The van der Waals surface area contributed by atoms with Crippen LogP contribution in [-0.4, -0.2) is 5.97 Å².